The van der Waals surface area contributed by atoms with Crippen LogP contribution < -0.4 is 10.9 Å². The minimum atomic E-state index is -0.452. The molecule has 0 bridgehead atoms. The maximum absolute atomic E-state index is 12.9. The van der Waals surface area contributed by atoms with Crippen LogP contribution in [0.2, 0.25) is 0 Å². The molecule has 1 atom stereocenters. The maximum Gasteiger partial charge on any atom is 0.337 e. The number of esters is 1. The van der Waals surface area contributed by atoms with E-state index in [-0.39, 0.29) is 12.1 Å². The molecule has 0 fully saturated rings. The lowest BCUT2D eigenvalue weighted by Gasteiger charge is -2.17. The van der Waals surface area contributed by atoms with Crippen molar-refractivity contribution >= 4 is 39.1 Å². The van der Waals surface area contributed by atoms with Crippen molar-refractivity contribution in [3.8, 4) is 0 Å². The van der Waals surface area contributed by atoms with Gasteiger partial charge < -0.3 is 10.1 Å². The number of hydrogen-bond donors (Lipinski definition) is 1. The quantitative estimate of drug-likeness (QED) is 0.660. The zero-order chi connectivity index (χ0) is 20.5. The summed E-state index contributed by atoms with van der Waals surface area (Å²) in [5.74, 6) is -0.252. The van der Waals surface area contributed by atoms with Crippen molar-refractivity contribution in [2.45, 2.75) is 32.7 Å². The molecule has 2 aromatic heterocycles. The first kappa shape index (κ1) is 19.3. The minimum Gasteiger partial charge on any atom is -0.465 e. The number of hydrogen-bond acceptors (Lipinski definition) is 7. The smallest absolute Gasteiger partial charge is 0.337 e. The normalized spacial score (nSPS) is 15.7. The summed E-state index contributed by atoms with van der Waals surface area (Å²) in [6.45, 7) is 1.97. The molecule has 1 aliphatic carbocycles. The van der Waals surface area contributed by atoms with Crippen LogP contribution in [-0.2, 0) is 28.9 Å². The number of thiophene rings is 1. The first-order valence-electron chi connectivity index (χ1n) is 9.32. The van der Waals surface area contributed by atoms with E-state index in [4.69, 9.17) is 0 Å². The molecule has 1 unspecified atom stereocenters. The average Bonchev–Trinajstić information content (AvgIpc) is 3.08. The highest BCUT2D eigenvalue weighted by Crippen LogP contribution is 2.35. The Morgan fingerprint density at radius 2 is 2.07 bits per heavy atom. The van der Waals surface area contributed by atoms with E-state index in [1.165, 1.54) is 23.3 Å². The third kappa shape index (κ3) is 3.77. The van der Waals surface area contributed by atoms with Gasteiger partial charge in [-0.1, -0.05) is 12.1 Å². The van der Waals surface area contributed by atoms with Crippen molar-refractivity contribution in [1.29, 1.82) is 0 Å². The minimum absolute atomic E-state index is 0.235. The summed E-state index contributed by atoms with van der Waals surface area (Å²) in [5.41, 5.74) is 1.68. The third-order valence-corrected chi connectivity index (χ3v) is 6.21. The number of fused-ring (bicyclic) bond motifs is 3. The highest BCUT2D eigenvalue weighted by Gasteiger charge is 2.24. The predicted molar refractivity (Wildman–Crippen MR) is 109 cm³/mol. The number of nitrogens with zero attached hydrogens (tertiary/aromatic N) is 3. The Bertz CT molecular complexity index is 1150. The van der Waals surface area contributed by atoms with Gasteiger partial charge in [0.1, 0.15) is 6.54 Å². The second-order valence-corrected chi connectivity index (χ2v) is 8.28. The third-order valence-electron chi connectivity index (χ3n) is 5.07. The van der Waals surface area contributed by atoms with E-state index in [2.05, 4.69) is 27.3 Å². The molecule has 9 heteroatoms. The largest absolute Gasteiger partial charge is 0.465 e. The number of ether oxygens (including phenoxy) is 1. The van der Waals surface area contributed by atoms with Crippen LogP contribution in [0.3, 0.4) is 0 Å². The number of anilines is 1. The van der Waals surface area contributed by atoms with Crippen molar-refractivity contribution in [1.82, 2.24) is 15.0 Å². The molecule has 1 aromatic carbocycles. The second-order valence-electron chi connectivity index (χ2n) is 7.20. The zero-order valence-corrected chi connectivity index (χ0v) is 16.9. The topological polar surface area (TPSA) is 103 Å². The molecule has 4 rings (SSSR count). The summed E-state index contributed by atoms with van der Waals surface area (Å²) < 4.78 is 5.75. The van der Waals surface area contributed by atoms with Gasteiger partial charge in [0.05, 0.1) is 18.1 Å². The summed E-state index contributed by atoms with van der Waals surface area (Å²) in [5, 5.41) is 11.4. The molecule has 150 valence electrons. The summed E-state index contributed by atoms with van der Waals surface area (Å²) in [4.78, 5) is 38.6. The first-order chi connectivity index (χ1) is 14.0. The summed E-state index contributed by atoms with van der Waals surface area (Å²) >= 11 is 1.53. The molecule has 0 saturated heterocycles. The maximum atomic E-state index is 12.9. The molecule has 0 saturated carbocycles. The summed E-state index contributed by atoms with van der Waals surface area (Å²) in [6.07, 6.45) is 2.86. The lowest BCUT2D eigenvalue weighted by Crippen LogP contribution is -2.30. The van der Waals surface area contributed by atoms with Crippen molar-refractivity contribution < 1.29 is 14.3 Å². The average molecular weight is 412 g/mol. The Morgan fingerprint density at radius 3 is 2.79 bits per heavy atom. The number of aryl methyl sites for hydroxylation is 1. The molecule has 1 N–H and O–H groups in total. The molecule has 2 heterocycles. The summed E-state index contributed by atoms with van der Waals surface area (Å²) in [6, 6.07) is 6.30. The highest BCUT2D eigenvalue weighted by molar-refractivity contribution is 7.18. The SMILES string of the molecule is COC(=O)c1ccc(NC(=O)Cn2nnc3sc4c(c3c2=O)CCC(C)C4)cc1. The monoisotopic (exact) mass is 412 g/mol. The van der Waals surface area contributed by atoms with Gasteiger partial charge in [-0.05, 0) is 55.0 Å². The Labute approximate surface area is 170 Å². The van der Waals surface area contributed by atoms with Gasteiger partial charge in [0.15, 0.2) is 4.83 Å². The van der Waals surface area contributed by atoms with Crippen molar-refractivity contribution in [2.24, 2.45) is 5.92 Å². The van der Waals surface area contributed by atoms with Gasteiger partial charge in [0, 0.05) is 10.6 Å². The fourth-order valence-corrected chi connectivity index (χ4v) is 4.86. The van der Waals surface area contributed by atoms with Crippen LogP contribution in [0.1, 0.15) is 34.1 Å². The number of methoxy groups -OCH3 is 1. The lowest BCUT2D eigenvalue weighted by molar-refractivity contribution is -0.117. The van der Waals surface area contributed by atoms with Gasteiger partial charge in [0.2, 0.25) is 5.91 Å². The molecule has 1 amide bonds. The molecule has 1 aliphatic rings. The van der Waals surface area contributed by atoms with E-state index >= 15 is 0 Å². The second kappa shape index (κ2) is 7.75. The molecule has 0 spiro atoms. The fraction of sp³-hybridized carbons (Fsp3) is 0.350. The number of carbonyl (C=O) groups is 2. The van der Waals surface area contributed by atoms with E-state index in [1.54, 1.807) is 24.3 Å². The number of rotatable bonds is 4. The van der Waals surface area contributed by atoms with Crippen LogP contribution in [0.4, 0.5) is 5.69 Å². The van der Waals surface area contributed by atoms with Crippen LogP contribution in [0.25, 0.3) is 10.2 Å². The van der Waals surface area contributed by atoms with E-state index in [0.717, 1.165) is 29.5 Å². The van der Waals surface area contributed by atoms with E-state index in [9.17, 15) is 14.4 Å². The van der Waals surface area contributed by atoms with E-state index in [0.29, 0.717) is 27.4 Å². The molecule has 0 aliphatic heterocycles. The molecular weight excluding hydrogens is 392 g/mol. The van der Waals surface area contributed by atoms with Crippen LogP contribution >= 0.6 is 11.3 Å². The molecule has 29 heavy (non-hydrogen) atoms. The van der Waals surface area contributed by atoms with Gasteiger partial charge >= 0.3 is 5.97 Å². The van der Waals surface area contributed by atoms with E-state index in [1.807, 2.05) is 0 Å². The number of nitrogens with one attached hydrogen (secondary N) is 1. The Morgan fingerprint density at radius 1 is 1.31 bits per heavy atom. The Hall–Kier alpha value is -3.07. The number of amides is 1. The lowest BCUT2D eigenvalue weighted by atomic mass is 9.89. The first-order valence-corrected chi connectivity index (χ1v) is 10.1. The van der Waals surface area contributed by atoms with Gasteiger partial charge in [0.25, 0.3) is 5.56 Å². The van der Waals surface area contributed by atoms with Crippen LogP contribution in [-0.4, -0.2) is 34.0 Å². The Kier molecular flexibility index (Phi) is 5.14. The van der Waals surface area contributed by atoms with Crippen molar-refractivity contribution in [3.63, 3.8) is 0 Å². The highest BCUT2D eigenvalue weighted by atomic mass is 32.1. The molecular formula is C20H20N4O4S. The predicted octanol–water partition coefficient (Wildman–Crippen LogP) is 2.40. The fourth-order valence-electron chi connectivity index (χ4n) is 3.54. The molecule has 3 aromatic rings. The van der Waals surface area contributed by atoms with E-state index < -0.39 is 11.9 Å². The van der Waals surface area contributed by atoms with Crippen LogP contribution in [0, 0.1) is 5.92 Å². The van der Waals surface area contributed by atoms with Crippen LogP contribution in [0.15, 0.2) is 29.1 Å². The zero-order valence-electron chi connectivity index (χ0n) is 16.1. The van der Waals surface area contributed by atoms with Crippen molar-refractivity contribution in [3.05, 3.63) is 50.6 Å². The Balaban J connectivity index is 1.53. The molecule has 8 nitrogen and oxygen atoms in total. The number of benzene rings is 1. The number of carbonyl (C=O) groups excluding carboxylic acids is 2. The van der Waals surface area contributed by atoms with Gasteiger partial charge in [-0.25, -0.2) is 9.48 Å². The standard InChI is InChI=1S/C20H20N4O4S/c1-11-3-8-14-15(9-11)29-18-17(14)19(26)24(23-22-18)10-16(25)21-13-6-4-12(5-7-13)20(27)28-2/h4-7,11H,3,8-10H2,1-2H3,(H,21,25). The van der Waals surface area contributed by atoms with Gasteiger partial charge in [-0.15, -0.1) is 16.4 Å². The van der Waals surface area contributed by atoms with Crippen molar-refractivity contribution in [2.75, 3.05) is 12.4 Å². The number of aromatic nitrogens is 3. The molecule has 0 radical (unpaired) electrons. The van der Waals surface area contributed by atoms with Gasteiger partial charge in [-0.3, -0.25) is 9.59 Å². The van der Waals surface area contributed by atoms with Crippen LogP contribution in [0.5, 0.6) is 0 Å². The summed E-state index contributed by atoms with van der Waals surface area (Å²) in [7, 11) is 1.30. The van der Waals surface area contributed by atoms with Gasteiger partial charge in [-0.2, -0.15) is 0 Å².